The third-order valence-electron chi connectivity index (χ3n) is 9.86. The molecule has 0 spiro atoms. The van der Waals surface area contributed by atoms with E-state index >= 15 is 0 Å². The van der Waals surface area contributed by atoms with Crippen LogP contribution in [0.3, 0.4) is 0 Å². The highest BCUT2D eigenvalue weighted by atomic mass is 32.1. The highest BCUT2D eigenvalue weighted by Crippen LogP contribution is 2.46. The molecule has 0 amide bonds. The molecule has 6 heteroatoms. The molecule has 4 aromatic heterocycles. The van der Waals surface area contributed by atoms with Crippen LogP contribution in [0.5, 0.6) is 0 Å². The van der Waals surface area contributed by atoms with Crippen molar-refractivity contribution in [2.45, 2.75) is 0 Å². The van der Waals surface area contributed by atoms with E-state index in [4.69, 9.17) is 19.4 Å². The molecule has 0 fully saturated rings. The second-order valence-corrected chi connectivity index (χ2v) is 13.8. The highest BCUT2D eigenvalue weighted by Gasteiger charge is 2.22. The van der Waals surface area contributed by atoms with Crippen molar-refractivity contribution >= 4 is 75.3 Å². The number of para-hydroxylation sites is 3. The number of hydrogen-bond donors (Lipinski definition) is 0. The Labute approximate surface area is 295 Å². The normalized spacial score (nSPS) is 11.9. The van der Waals surface area contributed by atoms with Gasteiger partial charge in [0.25, 0.3) is 0 Å². The first-order chi connectivity index (χ1) is 25.3. The molecule has 4 heterocycles. The van der Waals surface area contributed by atoms with Crippen LogP contribution in [0.15, 0.2) is 162 Å². The molecule has 11 rings (SSSR count). The average Bonchev–Trinajstić information content (AvgIpc) is 3.88. The molecule has 0 aliphatic rings. The summed E-state index contributed by atoms with van der Waals surface area (Å²) in [5.74, 6) is 1.96. The number of aromatic nitrogens is 4. The van der Waals surface area contributed by atoms with Crippen LogP contribution in [-0.4, -0.2) is 19.5 Å². The van der Waals surface area contributed by atoms with Crippen molar-refractivity contribution in [2.75, 3.05) is 0 Å². The van der Waals surface area contributed by atoms with E-state index in [1.165, 1.54) is 20.9 Å². The summed E-state index contributed by atoms with van der Waals surface area (Å²) in [4.78, 5) is 15.1. The molecule has 0 saturated heterocycles. The first-order valence-electron chi connectivity index (χ1n) is 17.0. The molecule has 0 bridgehead atoms. The van der Waals surface area contributed by atoms with Gasteiger partial charge in [-0.15, -0.1) is 11.3 Å². The van der Waals surface area contributed by atoms with Gasteiger partial charge in [0.1, 0.15) is 5.58 Å². The topological polar surface area (TPSA) is 56.7 Å². The number of thiophene rings is 1. The van der Waals surface area contributed by atoms with Crippen molar-refractivity contribution in [1.82, 2.24) is 19.5 Å². The smallest absolute Gasteiger partial charge is 0.165 e. The van der Waals surface area contributed by atoms with Crippen LogP contribution in [0.4, 0.5) is 0 Å². The van der Waals surface area contributed by atoms with Gasteiger partial charge in [-0.3, -0.25) is 0 Å². The quantitative estimate of drug-likeness (QED) is 0.187. The second-order valence-electron chi connectivity index (χ2n) is 12.8. The van der Waals surface area contributed by atoms with Gasteiger partial charge in [0.05, 0.1) is 16.7 Å². The minimum Gasteiger partial charge on any atom is -0.454 e. The molecule has 0 atom stereocenters. The summed E-state index contributed by atoms with van der Waals surface area (Å²) in [7, 11) is 0. The minimum absolute atomic E-state index is 0.651. The van der Waals surface area contributed by atoms with Gasteiger partial charge in [0, 0.05) is 58.4 Å². The Hall–Kier alpha value is -6.63. The van der Waals surface area contributed by atoms with Crippen molar-refractivity contribution in [2.24, 2.45) is 0 Å². The Morgan fingerprint density at radius 1 is 0.451 bits per heavy atom. The molecular weight excluding hydrogens is 645 g/mol. The summed E-state index contributed by atoms with van der Waals surface area (Å²) in [6, 6.07) is 54.7. The fourth-order valence-electron chi connectivity index (χ4n) is 7.63. The lowest BCUT2D eigenvalue weighted by molar-refractivity contribution is 0.666. The van der Waals surface area contributed by atoms with Crippen LogP contribution in [0, 0.1) is 0 Å². The largest absolute Gasteiger partial charge is 0.454 e. The van der Waals surface area contributed by atoms with Gasteiger partial charge < -0.3 is 8.98 Å². The zero-order valence-electron chi connectivity index (χ0n) is 27.1. The molecule has 5 nitrogen and oxygen atoms in total. The van der Waals surface area contributed by atoms with Crippen molar-refractivity contribution in [3.8, 4) is 39.9 Å². The molecule has 7 aromatic carbocycles. The number of furan rings is 1. The summed E-state index contributed by atoms with van der Waals surface area (Å²) in [6.45, 7) is 0. The maximum absolute atomic E-state index is 6.83. The van der Waals surface area contributed by atoms with E-state index in [0.29, 0.717) is 17.5 Å². The molecule has 0 saturated carbocycles. The van der Waals surface area contributed by atoms with Crippen molar-refractivity contribution in [1.29, 1.82) is 0 Å². The Morgan fingerprint density at radius 2 is 1.02 bits per heavy atom. The Kier molecular flexibility index (Phi) is 6.05. The van der Waals surface area contributed by atoms with Crippen LogP contribution in [0.1, 0.15) is 0 Å². The van der Waals surface area contributed by atoms with Gasteiger partial charge in [0.2, 0.25) is 0 Å². The number of rotatable bonds is 4. The third kappa shape index (κ3) is 4.24. The van der Waals surface area contributed by atoms with E-state index in [1.54, 1.807) is 11.3 Å². The van der Waals surface area contributed by atoms with E-state index in [9.17, 15) is 0 Å². The van der Waals surface area contributed by atoms with Crippen LogP contribution in [0.2, 0.25) is 0 Å². The molecule has 238 valence electrons. The van der Waals surface area contributed by atoms with Crippen molar-refractivity contribution in [3.63, 3.8) is 0 Å². The van der Waals surface area contributed by atoms with Gasteiger partial charge in [-0.1, -0.05) is 121 Å². The SMILES string of the molecule is c1ccc(-c2nc(-c3ccccc3)nc(-c3cccc4c3sc3ccc5oc6c(-n7c8ccccc8c8ccccc87)cccc6c5c34)n2)cc1. The fraction of sp³-hybridized carbons (Fsp3) is 0. The zero-order valence-corrected chi connectivity index (χ0v) is 27.9. The summed E-state index contributed by atoms with van der Waals surface area (Å²) >= 11 is 1.77. The molecule has 0 N–H and O–H groups in total. The van der Waals surface area contributed by atoms with Gasteiger partial charge in [-0.25, -0.2) is 15.0 Å². The van der Waals surface area contributed by atoms with E-state index in [2.05, 4.69) is 102 Å². The maximum atomic E-state index is 6.83. The van der Waals surface area contributed by atoms with Gasteiger partial charge in [0.15, 0.2) is 23.1 Å². The van der Waals surface area contributed by atoms with E-state index in [0.717, 1.165) is 65.4 Å². The highest BCUT2D eigenvalue weighted by molar-refractivity contribution is 7.26. The molecule has 11 aromatic rings. The Morgan fingerprint density at radius 3 is 1.71 bits per heavy atom. The standard InChI is InChI=1S/C45H26N4OS/c1-3-13-27(14-4-1)43-46-44(28-15-5-2-6-16-28)48-45(47-43)33-21-11-20-32-40-38(51-42(32)33)26-25-37-39(40)31-19-12-24-36(41(31)50-37)49-34-22-9-7-17-29(34)30-18-8-10-23-35(30)49/h1-26H. The molecule has 0 radical (unpaired) electrons. The van der Waals surface area contributed by atoms with Crippen LogP contribution < -0.4 is 0 Å². The summed E-state index contributed by atoms with van der Waals surface area (Å²) in [5.41, 5.74) is 7.97. The number of benzene rings is 7. The summed E-state index contributed by atoms with van der Waals surface area (Å²) in [6.07, 6.45) is 0. The number of hydrogen-bond acceptors (Lipinski definition) is 5. The Balaban J connectivity index is 1.17. The van der Waals surface area contributed by atoms with Crippen molar-refractivity contribution < 1.29 is 4.42 Å². The monoisotopic (exact) mass is 670 g/mol. The zero-order chi connectivity index (χ0) is 33.5. The minimum atomic E-state index is 0.651. The fourth-order valence-corrected chi connectivity index (χ4v) is 8.84. The van der Waals surface area contributed by atoms with Crippen molar-refractivity contribution in [3.05, 3.63) is 158 Å². The predicted octanol–water partition coefficient (Wildman–Crippen LogP) is 12.2. The molecule has 0 aliphatic heterocycles. The molecule has 0 aliphatic carbocycles. The lowest BCUT2D eigenvalue weighted by Crippen LogP contribution is -2.00. The first kappa shape index (κ1) is 28.2. The lowest BCUT2D eigenvalue weighted by Gasteiger charge is -2.09. The number of fused-ring (bicyclic) bond motifs is 10. The van der Waals surface area contributed by atoms with E-state index in [1.807, 2.05) is 60.7 Å². The van der Waals surface area contributed by atoms with E-state index in [-0.39, 0.29) is 0 Å². The summed E-state index contributed by atoms with van der Waals surface area (Å²) < 4.78 is 11.5. The second kappa shape index (κ2) is 10.9. The third-order valence-corrected chi connectivity index (χ3v) is 11.1. The molecule has 51 heavy (non-hydrogen) atoms. The lowest BCUT2D eigenvalue weighted by atomic mass is 10.0. The van der Waals surface area contributed by atoms with Crippen LogP contribution in [0.25, 0.3) is 104 Å². The maximum Gasteiger partial charge on any atom is 0.165 e. The summed E-state index contributed by atoms with van der Waals surface area (Å²) in [5, 5.41) is 7.02. The number of nitrogens with zero attached hydrogens (tertiary/aromatic N) is 4. The molecule has 0 unspecified atom stereocenters. The average molecular weight is 671 g/mol. The van der Waals surface area contributed by atoms with Crippen LogP contribution in [-0.2, 0) is 0 Å². The van der Waals surface area contributed by atoms with Gasteiger partial charge in [-0.2, -0.15) is 0 Å². The van der Waals surface area contributed by atoms with Gasteiger partial charge in [-0.05, 0) is 36.4 Å². The van der Waals surface area contributed by atoms with Gasteiger partial charge >= 0.3 is 0 Å². The van der Waals surface area contributed by atoms with E-state index < -0.39 is 0 Å². The predicted molar refractivity (Wildman–Crippen MR) is 211 cm³/mol. The molecular formula is C45H26N4OS. The van der Waals surface area contributed by atoms with Crippen LogP contribution >= 0.6 is 11.3 Å². The first-order valence-corrected chi connectivity index (χ1v) is 17.8. The Bertz CT molecular complexity index is 3030.